The third kappa shape index (κ3) is 3.83. The molecule has 1 aromatic carbocycles. The second kappa shape index (κ2) is 7.25. The summed E-state index contributed by atoms with van der Waals surface area (Å²) < 4.78 is 10.6. The van der Waals surface area contributed by atoms with Gasteiger partial charge in [-0.25, -0.2) is 9.78 Å². The highest BCUT2D eigenvalue weighted by molar-refractivity contribution is 6.30. The maximum atomic E-state index is 12.5. The van der Waals surface area contributed by atoms with Gasteiger partial charge in [-0.1, -0.05) is 11.6 Å². The summed E-state index contributed by atoms with van der Waals surface area (Å²) in [5.41, 5.74) is 1.19. The standard InChI is InChI=1S/C17H17ClN2O5/c1-24-13-7-14(17(22)23)20(8-13)15(21)6-12-9-25-16(19-12)10-2-4-11(18)5-3-10/h2-5,9,13-14H,6-8H2,1H3,(H,22,23). The number of carbonyl (C=O) groups excluding carboxylic acids is 1. The molecule has 132 valence electrons. The van der Waals surface area contributed by atoms with Crippen LogP contribution in [0.4, 0.5) is 0 Å². The maximum absolute atomic E-state index is 12.5. The summed E-state index contributed by atoms with van der Waals surface area (Å²) in [5, 5.41) is 9.90. The van der Waals surface area contributed by atoms with Gasteiger partial charge in [-0.3, -0.25) is 4.79 Å². The van der Waals surface area contributed by atoms with Gasteiger partial charge in [0.1, 0.15) is 12.3 Å². The van der Waals surface area contributed by atoms with E-state index in [1.165, 1.54) is 18.3 Å². The number of aliphatic carboxylic acids is 1. The molecule has 3 rings (SSSR count). The first-order valence-corrected chi connectivity index (χ1v) is 8.11. The molecule has 1 aromatic heterocycles. The molecule has 1 saturated heterocycles. The summed E-state index contributed by atoms with van der Waals surface area (Å²) in [5.74, 6) is -0.969. The number of benzene rings is 1. The minimum atomic E-state index is -1.03. The molecule has 0 saturated carbocycles. The van der Waals surface area contributed by atoms with Crippen LogP contribution in [0, 0.1) is 0 Å². The summed E-state index contributed by atoms with van der Waals surface area (Å²) >= 11 is 5.85. The van der Waals surface area contributed by atoms with Crippen LogP contribution in [-0.4, -0.2) is 52.7 Å². The summed E-state index contributed by atoms with van der Waals surface area (Å²) in [6, 6.07) is 6.10. The van der Waals surface area contributed by atoms with Gasteiger partial charge in [-0.2, -0.15) is 0 Å². The van der Waals surface area contributed by atoms with Crippen LogP contribution in [0.5, 0.6) is 0 Å². The van der Waals surface area contributed by atoms with Gasteiger partial charge in [0.25, 0.3) is 0 Å². The molecule has 1 aliphatic rings. The molecule has 0 bridgehead atoms. The van der Waals surface area contributed by atoms with E-state index in [0.29, 0.717) is 16.6 Å². The minimum absolute atomic E-state index is 0.0305. The monoisotopic (exact) mass is 364 g/mol. The molecule has 1 N–H and O–H groups in total. The quantitative estimate of drug-likeness (QED) is 0.874. The molecule has 0 spiro atoms. The number of carboxylic acid groups (broad SMARTS) is 1. The van der Waals surface area contributed by atoms with Gasteiger partial charge in [0.2, 0.25) is 11.8 Å². The predicted molar refractivity (Wildman–Crippen MR) is 89.2 cm³/mol. The van der Waals surface area contributed by atoms with Crippen molar-refractivity contribution in [2.45, 2.75) is 25.0 Å². The summed E-state index contributed by atoms with van der Waals surface area (Å²) in [6.45, 7) is 0.258. The second-order valence-corrected chi connectivity index (χ2v) is 6.26. The van der Waals surface area contributed by atoms with E-state index in [1.54, 1.807) is 24.3 Å². The number of carbonyl (C=O) groups is 2. The van der Waals surface area contributed by atoms with Crippen LogP contribution in [0.2, 0.25) is 5.02 Å². The lowest BCUT2D eigenvalue weighted by molar-refractivity contribution is -0.148. The van der Waals surface area contributed by atoms with Gasteiger partial charge >= 0.3 is 5.97 Å². The van der Waals surface area contributed by atoms with E-state index in [4.69, 9.17) is 20.8 Å². The smallest absolute Gasteiger partial charge is 0.326 e. The number of likely N-dealkylation sites (tertiary alicyclic amines) is 1. The number of hydrogen-bond acceptors (Lipinski definition) is 5. The molecule has 2 aromatic rings. The van der Waals surface area contributed by atoms with Gasteiger partial charge in [-0.05, 0) is 24.3 Å². The van der Waals surface area contributed by atoms with Crippen molar-refractivity contribution in [2.24, 2.45) is 0 Å². The second-order valence-electron chi connectivity index (χ2n) is 5.82. The number of aromatic nitrogens is 1. The van der Waals surface area contributed by atoms with Gasteiger partial charge < -0.3 is 19.2 Å². The Bertz CT molecular complexity index is 774. The van der Waals surface area contributed by atoms with Crippen molar-refractivity contribution in [3.63, 3.8) is 0 Å². The largest absolute Gasteiger partial charge is 0.480 e. The van der Waals surface area contributed by atoms with Gasteiger partial charge in [-0.15, -0.1) is 0 Å². The topological polar surface area (TPSA) is 92.9 Å². The van der Waals surface area contributed by atoms with E-state index in [-0.39, 0.29) is 31.4 Å². The van der Waals surface area contributed by atoms with Crippen molar-refractivity contribution in [3.8, 4) is 11.5 Å². The Balaban J connectivity index is 1.71. The number of methoxy groups -OCH3 is 1. The number of halogens is 1. The zero-order chi connectivity index (χ0) is 18.0. The number of hydrogen-bond donors (Lipinski definition) is 1. The van der Waals surface area contributed by atoms with Crippen molar-refractivity contribution in [3.05, 3.63) is 41.2 Å². The summed E-state index contributed by atoms with van der Waals surface area (Å²) in [6.07, 6.45) is 1.39. The Kier molecular flexibility index (Phi) is 5.06. The molecular formula is C17H17ClN2O5. The molecule has 25 heavy (non-hydrogen) atoms. The summed E-state index contributed by atoms with van der Waals surface area (Å²) in [7, 11) is 1.51. The first kappa shape index (κ1) is 17.4. The van der Waals surface area contributed by atoms with Gasteiger partial charge in [0, 0.05) is 30.7 Å². The number of amides is 1. The van der Waals surface area contributed by atoms with Crippen molar-refractivity contribution in [1.82, 2.24) is 9.88 Å². The van der Waals surface area contributed by atoms with Crippen LogP contribution in [0.1, 0.15) is 12.1 Å². The van der Waals surface area contributed by atoms with E-state index in [1.807, 2.05) is 0 Å². The predicted octanol–water partition coefficient (Wildman–Crippen LogP) is 2.24. The van der Waals surface area contributed by atoms with Crippen molar-refractivity contribution in [2.75, 3.05) is 13.7 Å². The normalized spacial score (nSPS) is 20.0. The van der Waals surface area contributed by atoms with Crippen LogP contribution in [0.3, 0.4) is 0 Å². The third-order valence-corrected chi connectivity index (χ3v) is 4.43. The molecule has 1 amide bonds. The maximum Gasteiger partial charge on any atom is 0.326 e. The Labute approximate surface area is 149 Å². The average molecular weight is 365 g/mol. The Morgan fingerprint density at radius 1 is 1.40 bits per heavy atom. The number of rotatable bonds is 5. The molecule has 2 heterocycles. The minimum Gasteiger partial charge on any atom is -0.480 e. The molecule has 2 atom stereocenters. The highest BCUT2D eigenvalue weighted by atomic mass is 35.5. The summed E-state index contributed by atoms with van der Waals surface area (Å²) in [4.78, 5) is 29.5. The third-order valence-electron chi connectivity index (χ3n) is 4.18. The Morgan fingerprint density at radius 2 is 2.12 bits per heavy atom. The van der Waals surface area contributed by atoms with E-state index in [2.05, 4.69) is 4.98 Å². The number of ether oxygens (including phenoxy) is 1. The molecule has 0 radical (unpaired) electrons. The van der Waals surface area contributed by atoms with Crippen LogP contribution in [0.15, 0.2) is 34.9 Å². The molecular weight excluding hydrogens is 348 g/mol. The zero-order valence-electron chi connectivity index (χ0n) is 13.5. The van der Waals surface area contributed by atoms with E-state index in [0.717, 1.165) is 5.56 Å². The SMILES string of the molecule is COC1CC(C(=O)O)N(C(=O)Cc2coc(-c3ccc(Cl)cc3)n2)C1. The molecule has 0 aliphatic carbocycles. The molecule has 1 aliphatic heterocycles. The van der Waals surface area contributed by atoms with Crippen molar-refractivity contribution >= 4 is 23.5 Å². The lowest BCUT2D eigenvalue weighted by Gasteiger charge is -2.20. The van der Waals surface area contributed by atoms with Crippen molar-refractivity contribution < 1.29 is 23.8 Å². The Morgan fingerprint density at radius 3 is 2.76 bits per heavy atom. The lowest BCUT2D eigenvalue weighted by Crippen LogP contribution is -2.41. The highest BCUT2D eigenvalue weighted by Gasteiger charge is 2.39. The fourth-order valence-electron chi connectivity index (χ4n) is 2.85. The first-order valence-electron chi connectivity index (χ1n) is 7.73. The van der Waals surface area contributed by atoms with Crippen LogP contribution < -0.4 is 0 Å². The van der Waals surface area contributed by atoms with Crippen LogP contribution in [0.25, 0.3) is 11.5 Å². The van der Waals surface area contributed by atoms with E-state index >= 15 is 0 Å². The van der Waals surface area contributed by atoms with Crippen molar-refractivity contribution in [1.29, 1.82) is 0 Å². The molecule has 7 nitrogen and oxygen atoms in total. The number of nitrogens with zero attached hydrogens (tertiary/aromatic N) is 2. The number of oxazole rings is 1. The van der Waals surface area contributed by atoms with Gasteiger partial charge in [0.05, 0.1) is 18.2 Å². The first-order chi connectivity index (χ1) is 12.0. The molecule has 1 fully saturated rings. The highest BCUT2D eigenvalue weighted by Crippen LogP contribution is 2.23. The lowest BCUT2D eigenvalue weighted by atomic mass is 10.2. The van der Waals surface area contributed by atoms with Crippen LogP contribution >= 0.6 is 11.6 Å². The molecule has 8 heteroatoms. The zero-order valence-corrected chi connectivity index (χ0v) is 14.3. The van der Waals surface area contributed by atoms with E-state index in [9.17, 15) is 14.7 Å². The van der Waals surface area contributed by atoms with Crippen LogP contribution in [-0.2, 0) is 20.7 Å². The van der Waals surface area contributed by atoms with E-state index < -0.39 is 12.0 Å². The molecule has 2 unspecified atom stereocenters. The fraction of sp³-hybridized carbons (Fsp3) is 0.353. The Hall–Kier alpha value is -2.38. The average Bonchev–Trinajstić information content (AvgIpc) is 3.22. The fourth-order valence-corrected chi connectivity index (χ4v) is 2.97. The number of carboxylic acids is 1. The van der Waals surface area contributed by atoms with Gasteiger partial charge in [0.15, 0.2) is 0 Å².